The minimum absolute atomic E-state index is 0.0723. The molecule has 0 saturated carbocycles. The fourth-order valence-corrected chi connectivity index (χ4v) is 3.23. The van der Waals surface area contributed by atoms with Gasteiger partial charge in [-0.2, -0.15) is 4.72 Å². The second-order valence-electron chi connectivity index (χ2n) is 3.18. The van der Waals surface area contributed by atoms with Gasteiger partial charge in [-0.25, -0.2) is 8.42 Å². The summed E-state index contributed by atoms with van der Waals surface area (Å²) in [5.74, 6) is -0.726. The maximum atomic E-state index is 11.8. The molecule has 0 radical (unpaired) electrons. The Kier molecular flexibility index (Phi) is 4.06. The lowest BCUT2D eigenvalue weighted by molar-refractivity contribution is -0.119. The third-order valence-electron chi connectivity index (χ3n) is 1.88. The van der Waals surface area contributed by atoms with Gasteiger partial charge < -0.3 is 5.73 Å². The zero-order valence-electron chi connectivity index (χ0n) is 8.48. The lowest BCUT2D eigenvalue weighted by Crippen LogP contribution is -2.42. The molecular weight excluding hydrogens is 296 g/mol. The summed E-state index contributed by atoms with van der Waals surface area (Å²) in [5.41, 5.74) is 4.98. The molecule has 16 heavy (non-hydrogen) atoms. The fraction of sp³-hybridized carbons (Fsp3) is 0.222. The van der Waals surface area contributed by atoms with Crippen molar-refractivity contribution in [2.24, 2.45) is 5.73 Å². The minimum atomic E-state index is -3.73. The number of rotatable bonds is 4. The predicted molar refractivity (Wildman–Crippen MR) is 63.1 cm³/mol. The monoisotopic (exact) mass is 306 g/mol. The Morgan fingerprint density at radius 2 is 2.00 bits per heavy atom. The summed E-state index contributed by atoms with van der Waals surface area (Å²) in [4.78, 5) is 10.8. The van der Waals surface area contributed by atoms with Crippen LogP contribution >= 0.6 is 15.9 Å². The van der Waals surface area contributed by atoms with Crippen LogP contribution in [-0.2, 0) is 14.8 Å². The molecule has 5 nitrogen and oxygen atoms in total. The zero-order chi connectivity index (χ0) is 12.3. The lowest BCUT2D eigenvalue weighted by atomic mass is 10.4. The molecule has 1 unspecified atom stereocenters. The highest BCUT2D eigenvalue weighted by atomic mass is 79.9. The quantitative estimate of drug-likeness (QED) is 0.853. The van der Waals surface area contributed by atoms with Crippen LogP contribution in [0.1, 0.15) is 6.92 Å². The van der Waals surface area contributed by atoms with Gasteiger partial charge in [-0.15, -0.1) is 0 Å². The molecule has 7 heteroatoms. The Hall–Kier alpha value is -0.920. The standard InChI is InChI=1S/C9H11BrN2O3S/c1-6(9(11)13)12-16(14,15)8-5-3-2-4-7(8)10/h2-6,12H,1H3,(H2,11,13). The van der Waals surface area contributed by atoms with E-state index in [4.69, 9.17) is 5.73 Å². The molecule has 1 aromatic carbocycles. The summed E-state index contributed by atoms with van der Waals surface area (Å²) >= 11 is 3.12. The van der Waals surface area contributed by atoms with Gasteiger partial charge in [0.25, 0.3) is 0 Å². The van der Waals surface area contributed by atoms with Crippen molar-refractivity contribution >= 4 is 31.9 Å². The van der Waals surface area contributed by atoms with Crippen molar-refractivity contribution < 1.29 is 13.2 Å². The number of amides is 1. The van der Waals surface area contributed by atoms with Crippen molar-refractivity contribution in [2.45, 2.75) is 17.9 Å². The molecule has 0 saturated heterocycles. The zero-order valence-corrected chi connectivity index (χ0v) is 10.9. The summed E-state index contributed by atoms with van der Waals surface area (Å²) in [6.45, 7) is 1.39. The van der Waals surface area contributed by atoms with Crippen molar-refractivity contribution in [3.63, 3.8) is 0 Å². The Morgan fingerprint density at radius 3 is 2.50 bits per heavy atom. The molecule has 1 atom stereocenters. The molecule has 0 heterocycles. The third kappa shape index (κ3) is 3.03. The first-order chi connectivity index (χ1) is 7.34. The van der Waals surface area contributed by atoms with E-state index in [1.54, 1.807) is 18.2 Å². The van der Waals surface area contributed by atoms with Crippen molar-refractivity contribution in [3.05, 3.63) is 28.7 Å². The molecule has 0 spiro atoms. The summed E-state index contributed by atoms with van der Waals surface area (Å²) < 4.78 is 26.2. The van der Waals surface area contributed by atoms with Gasteiger partial charge in [-0.1, -0.05) is 12.1 Å². The van der Waals surface area contributed by atoms with Crippen LogP contribution in [0.5, 0.6) is 0 Å². The first kappa shape index (κ1) is 13.1. The van der Waals surface area contributed by atoms with Crippen molar-refractivity contribution in [3.8, 4) is 0 Å². The van der Waals surface area contributed by atoms with E-state index in [0.717, 1.165) is 0 Å². The summed E-state index contributed by atoms with van der Waals surface area (Å²) in [6, 6.07) is 5.37. The van der Waals surface area contributed by atoms with Gasteiger partial charge in [0.2, 0.25) is 15.9 Å². The van der Waals surface area contributed by atoms with E-state index in [-0.39, 0.29) is 4.90 Å². The smallest absolute Gasteiger partial charge is 0.242 e. The van der Waals surface area contributed by atoms with Crippen LogP contribution < -0.4 is 10.5 Å². The molecule has 0 aliphatic carbocycles. The van der Waals surface area contributed by atoms with Crippen molar-refractivity contribution in [1.29, 1.82) is 0 Å². The topological polar surface area (TPSA) is 89.3 Å². The largest absolute Gasteiger partial charge is 0.368 e. The third-order valence-corrected chi connectivity index (χ3v) is 4.44. The Bertz CT molecular complexity index is 501. The van der Waals surface area contributed by atoms with E-state index >= 15 is 0 Å². The molecule has 0 aliphatic heterocycles. The highest BCUT2D eigenvalue weighted by Gasteiger charge is 2.21. The second kappa shape index (κ2) is 4.94. The van der Waals surface area contributed by atoms with Gasteiger partial charge in [0.05, 0.1) is 10.9 Å². The van der Waals surface area contributed by atoms with Crippen LogP contribution in [0.4, 0.5) is 0 Å². The number of primary amides is 1. The molecule has 0 aromatic heterocycles. The Balaban J connectivity index is 3.04. The number of nitrogens with one attached hydrogen (secondary N) is 1. The van der Waals surface area contributed by atoms with Crippen molar-refractivity contribution in [1.82, 2.24) is 4.72 Å². The summed E-state index contributed by atoms with van der Waals surface area (Å²) in [5, 5.41) is 0. The Labute approximate surface area is 102 Å². The lowest BCUT2D eigenvalue weighted by Gasteiger charge is -2.11. The number of carbonyl (C=O) groups is 1. The van der Waals surface area contributed by atoms with Crippen LogP contribution in [0.2, 0.25) is 0 Å². The normalized spacial score (nSPS) is 13.4. The first-order valence-electron chi connectivity index (χ1n) is 4.41. The predicted octanol–water partition coefficient (Wildman–Crippen LogP) is 0.601. The Morgan fingerprint density at radius 1 is 1.44 bits per heavy atom. The number of hydrogen-bond acceptors (Lipinski definition) is 3. The molecule has 1 amide bonds. The molecule has 88 valence electrons. The van der Waals surface area contributed by atoms with Gasteiger partial charge in [-0.3, -0.25) is 4.79 Å². The molecule has 1 rings (SSSR count). The molecule has 1 aromatic rings. The number of nitrogens with two attached hydrogens (primary N) is 1. The van der Waals surface area contributed by atoms with Gasteiger partial charge in [0.1, 0.15) is 0 Å². The molecule has 0 aliphatic rings. The number of halogens is 1. The fourth-order valence-electron chi connectivity index (χ4n) is 1.02. The van der Waals surface area contributed by atoms with Crippen LogP contribution in [0.25, 0.3) is 0 Å². The summed E-state index contributed by atoms with van der Waals surface area (Å²) in [7, 11) is -3.73. The van der Waals surface area contributed by atoms with Crippen molar-refractivity contribution in [2.75, 3.05) is 0 Å². The molecule has 0 bridgehead atoms. The second-order valence-corrected chi connectivity index (χ2v) is 5.71. The van der Waals surface area contributed by atoms with Crippen LogP contribution in [0, 0.1) is 0 Å². The van der Waals surface area contributed by atoms with Crippen LogP contribution in [0.15, 0.2) is 33.6 Å². The van der Waals surface area contributed by atoms with E-state index in [9.17, 15) is 13.2 Å². The van der Waals surface area contributed by atoms with E-state index in [1.807, 2.05) is 0 Å². The SMILES string of the molecule is CC(NS(=O)(=O)c1ccccc1Br)C(N)=O. The van der Waals surface area contributed by atoms with E-state index in [1.165, 1.54) is 13.0 Å². The van der Waals surface area contributed by atoms with Crippen LogP contribution in [-0.4, -0.2) is 20.4 Å². The maximum Gasteiger partial charge on any atom is 0.242 e. The highest BCUT2D eigenvalue weighted by Crippen LogP contribution is 2.20. The van der Waals surface area contributed by atoms with Gasteiger partial charge >= 0.3 is 0 Å². The highest BCUT2D eigenvalue weighted by molar-refractivity contribution is 9.10. The number of sulfonamides is 1. The van der Waals surface area contributed by atoms with Gasteiger partial charge in [0.15, 0.2) is 0 Å². The van der Waals surface area contributed by atoms with E-state index < -0.39 is 22.0 Å². The van der Waals surface area contributed by atoms with E-state index in [0.29, 0.717) is 4.47 Å². The number of carbonyl (C=O) groups excluding carboxylic acids is 1. The average molecular weight is 307 g/mol. The molecule has 0 fully saturated rings. The molecule has 3 N–H and O–H groups in total. The van der Waals surface area contributed by atoms with Gasteiger partial charge in [-0.05, 0) is 35.0 Å². The summed E-state index contributed by atoms with van der Waals surface area (Å²) in [6.07, 6.45) is 0. The number of hydrogen-bond donors (Lipinski definition) is 2. The van der Waals surface area contributed by atoms with E-state index in [2.05, 4.69) is 20.7 Å². The van der Waals surface area contributed by atoms with Gasteiger partial charge in [0, 0.05) is 4.47 Å². The van der Waals surface area contributed by atoms with Crippen LogP contribution in [0.3, 0.4) is 0 Å². The average Bonchev–Trinajstić information content (AvgIpc) is 2.17. The minimum Gasteiger partial charge on any atom is -0.368 e. The first-order valence-corrected chi connectivity index (χ1v) is 6.68. The number of benzene rings is 1. The molecular formula is C9H11BrN2O3S. The maximum absolute atomic E-state index is 11.8.